The molecule has 0 unspecified atom stereocenters. The first-order valence-electron chi connectivity index (χ1n) is 6.51. The van der Waals surface area contributed by atoms with E-state index in [1.807, 2.05) is 25.3 Å². The van der Waals surface area contributed by atoms with E-state index in [0.717, 1.165) is 38.3 Å². The molecule has 1 amide bonds. The van der Waals surface area contributed by atoms with Crippen molar-refractivity contribution in [2.24, 2.45) is 0 Å². The lowest BCUT2D eigenvalue weighted by atomic mass is 10.3. The maximum absolute atomic E-state index is 11.4. The van der Waals surface area contributed by atoms with Crippen LogP contribution in [0.5, 0.6) is 0 Å². The zero-order valence-corrected chi connectivity index (χ0v) is 10.8. The van der Waals surface area contributed by atoms with Crippen molar-refractivity contribution in [3.8, 4) is 0 Å². The van der Waals surface area contributed by atoms with Crippen molar-refractivity contribution in [1.82, 2.24) is 10.3 Å². The van der Waals surface area contributed by atoms with Crippen LogP contribution in [-0.4, -0.2) is 37.1 Å². The third kappa shape index (κ3) is 3.43. The summed E-state index contributed by atoms with van der Waals surface area (Å²) in [4.78, 5) is 18.0. The molecule has 1 aliphatic heterocycles. The number of amides is 1. The summed E-state index contributed by atoms with van der Waals surface area (Å²) in [5.74, 6) is 0.659. The SMILES string of the molecule is CCCC(=O)Nc1ccc(N2CCNCC2)cn1. The highest BCUT2D eigenvalue weighted by Crippen LogP contribution is 2.15. The molecule has 0 spiro atoms. The van der Waals surface area contributed by atoms with Gasteiger partial charge in [-0.05, 0) is 18.6 Å². The molecule has 5 heteroatoms. The smallest absolute Gasteiger partial charge is 0.225 e. The van der Waals surface area contributed by atoms with Crippen LogP contribution in [0.1, 0.15) is 19.8 Å². The van der Waals surface area contributed by atoms with E-state index in [1.54, 1.807) is 0 Å². The summed E-state index contributed by atoms with van der Waals surface area (Å²) in [6.07, 6.45) is 3.22. The fraction of sp³-hybridized carbons (Fsp3) is 0.538. The highest BCUT2D eigenvalue weighted by atomic mass is 16.1. The number of carbonyl (C=O) groups is 1. The Bertz CT molecular complexity index is 384. The number of anilines is 2. The summed E-state index contributed by atoms with van der Waals surface area (Å²) in [5, 5.41) is 6.11. The van der Waals surface area contributed by atoms with Crippen molar-refractivity contribution in [3.63, 3.8) is 0 Å². The van der Waals surface area contributed by atoms with E-state index in [1.165, 1.54) is 0 Å². The van der Waals surface area contributed by atoms with Gasteiger partial charge in [-0.25, -0.2) is 4.98 Å². The predicted octanol–water partition coefficient (Wildman–Crippen LogP) is 1.23. The number of nitrogens with one attached hydrogen (secondary N) is 2. The summed E-state index contributed by atoms with van der Waals surface area (Å²) < 4.78 is 0. The van der Waals surface area contributed by atoms with Crippen molar-refractivity contribution < 1.29 is 4.79 Å². The van der Waals surface area contributed by atoms with Crippen LogP contribution in [-0.2, 0) is 4.79 Å². The zero-order valence-electron chi connectivity index (χ0n) is 10.8. The van der Waals surface area contributed by atoms with Crippen molar-refractivity contribution >= 4 is 17.4 Å². The molecule has 0 saturated carbocycles. The number of hydrogen-bond acceptors (Lipinski definition) is 4. The molecular formula is C13H20N4O. The summed E-state index contributed by atoms with van der Waals surface area (Å²) in [6, 6.07) is 3.88. The van der Waals surface area contributed by atoms with Crippen LogP contribution in [0.3, 0.4) is 0 Å². The molecule has 5 nitrogen and oxygen atoms in total. The van der Waals surface area contributed by atoms with Gasteiger partial charge < -0.3 is 15.5 Å². The van der Waals surface area contributed by atoms with Crippen molar-refractivity contribution in [3.05, 3.63) is 18.3 Å². The first-order valence-corrected chi connectivity index (χ1v) is 6.51. The summed E-state index contributed by atoms with van der Waals surface area (Å²) in [6.45, 7) is 6.01. The van der Waals surface area contributed by atoms with Crippen LogP contribution in [0, 0.1) is 0 Å². The fourth-order valence-corrected chi connectivity index (χ4v) is 2.00. The van der Waals surface area contributed by atoms with Crippen molar-refractivity contribution in [2.45, 2.75) is 19.8 Å². The lowest BCUT2D eigenvalue weighted by molar-refractivity contribution is -0.116. The minimum atomic E-state index is 0.0277. The number of hydrogen-bond donors (Lipinski definition) is 2. The minimum absolute atomic E-state index is 0.0277. The van der Waals surface area contributed by atoms with Gasteiger partial charge in [0.2, 0.25) is 5.91 Å². The summed E-state index contributed by atoms with van der Waals surface area (Å²) in [5.41, 5.74) is 1.12. The predicted molar refractivity (Wildman–Crippen MR) is 72.9 cm³/mol. The van der Waals surface area contributed by atoms with Crippen LogP contribution < -0.4 is 15.5 Å². The summed E-state index contributed by atoms with van der Waals surface area (Å²) >= 11 is 0. The Morgan fingerprint density at radius 2 is 2.22 bits per heavy atom. The van der Waals surface area contributed by atoms with Crippen LogP contribution in [0.25, 0.3) is 0 Å². The number of pyridine rings is 1. The van der Waals surface area contributed by atoms with Gasteiger partial charge in [0.25, 0.3) is 0 Å². The number of rotatable bonds is 4. The highest BCUT2D eigenvalue weighted by Gasteiger charge is 2.10. The molecule has 0 atom stereocenters. The standard InChI is InChI=1S/C13H20N4O/c1-2-3-13(18)16-12-5-4-11(10-15-12)17-8-6-14-7-9-17/h4-5,10,14H,2-3,6-9H2,1H3,(H,15,16,18). The first kappa shape index (κ1) is 12.8. The Hall–Kier alpha value is -1.62. The zero-order chi connectivity index (χ0) is 12.8. The van der Waals surface area contributed by atoms with E-state index < -0.39 is 0 Å². The molecule has 0 aliphatic carbocycles. The summed E-state index contributed by atoms with van der Waals surface area (Å²) in [7, 11) is 0. The van der Waals surface area contributed by atoms with E-state index >= 15 is 0 Å². The van der Waals surface area contributed by atoms with Crippen LogP contribution in [0.2, 0.25) is 0 Å². The Kier molecular flexibility index (Phi) is 4.52. The average molecular weight is 248 g/mol. The van der Waals surface area contributed by atoms with Gasteiger partial charge in [-0.1, -0.05) is 6.92 Å². The Morgan fingerprint density at radius 1 is 1.44 bits per heavy atom. The molecule has 1 aromatic heterocycles. The Morgan fingerprint density at radius 3 is 2.83 bits per heavy atom. The second-order valence-corrected chi connectivity index (χ2v) is 4.44. The normalized spacial score (nSPS) is 15.5. The quantitative estimate of drug-likeness (QED) is 0.841. The van der Waals surface area contributed by atoms with Gasteiger partial charge in [0.05, 0.1) is 11.9 Å². The van der Waals surface area contributed by atoms with Gasteiger partial charge in [-0.3, -0.25) is 4.79 Å². The van der Waals surface area contributed by atoms with E-state index in [2.05, 4.69) is 20.5 Å². The van der Waals surface area contributed by atoms with Gasteiger partial charge >= 0.3 is 0 Å². The third-order valence-corrected chi connectivity index (χ3v) is 2.97. The van der Waals surface area contributed by atoms with Crippen LogP contribution in [0.15, 0.2) is 18.3 Å². The number of nitrogens with zero attached hydrogens (tertiary/aromatic N) is 2. The Balaban J connectivity index is 1.94. The van der Waals surface area contributed by atoms with Crippen LogP contribution in [0.4, 0.5) is 11.5 Å². The topological polar surface area (TPSA) is 57.3 Å². The molecule has 0 radical (unpaired) electrons. The largest absolute Gasteiger partial charge is 0.368 e. The monoisotopic (exact) mass is 248 g/mol. The third-order valence-electron chi connectivity index (χ3n) is 2.97. The van der Waals surface area contributed by atoms with E-state index in [-0.39, 0.29) is 5.91 Å². The lowest BCUT2D eigenvalue weighted by Gasteiger charge is -2.29. The molecule has 1 aliphatic rings. The van der Waals surface area contributed by atoms with Gasteiger partial charge in [-0.15, -0.1) is 0 Å². The average Bonchev–Trinajstić information content (AvgIpc) is 2.41. The molecule has 1 aromatic rings. The maximum atomic E-state index is 11.4. The second kappa shape index (κ2) is 6.35. The second-order valence-electron chi connectivity index (χ2n) is 4.44. The number of piperazine rings is 1. The molecule has 98 valence electrons. The molecule has 0 bridgehead atoms. The fourth-order valence-electron chi connectivity index (χ4n) is 2.00. The first-order chi connectivity index (χ1) is 8.79. The molecule has 2 N–H and O–H groups in total. The van der Waals surface area contributed by atoms with Crippen molar-refractivity contribution in [2.75, 3.05) is 36.4 Å². The van der Waals surface area contributed by atoms with Gasteiger partial charge in [0.1, 0.15) is 5.82 Å². The van der Waals surface area contributed by atoms with E-state index in [9.17, 15) is 4.79 Å². The van der Waals surface area contributed by atoms with Gasteiger partial charge in [-0.2, -0.15) is 0 Å². The molecule has 1 saturated heterocycles. The molecule has 2 heterocycles. The van der Waals surface area contributed by atoms with Crippen LogP contribution >= 0.6 is 0 Å². The molecular weight excluding hydrogens is 228 g/mol. The van der Waals surface area contributed by atoms with E-state index in [4.69, 9.17) is 0 Å². The molecule has 2 rings (SSSR count). The highest BCUT2D eigenvalue weighted by molar-refractivity contribution is 5.89. The number of carbonyl (C=O) groups excluding carboxylic acids is 1. The maximum Gasteiger partial charge on any atom is 0.225 e. The lowest BCUT2D eigenvalue weighted by Crippen LogP contribution is -2.43. The molecule has 18 heavy (non-hydrogen) atoms. The minimum Gasteiger partial charge on any atom is -0.368 e. The molecule has 1 fully saturated rings. The van der Waals surface area contributed by atoms with Crippen molar-refractivity contribution in [1.29, 1.82) is 0 Å². The van der Waals surface area contributed by atoms with Gasteiger partial charge in [0, 0.05) is 32.6 Å². The molecule has 0 aromatic carbocycles. The van der Waals surface area contributed by atoms with E-state index in [0.29, 0.717) is 12.2 Å². The van der Waals surface area contributed by atoms with Gasteiger partial charge in [0.15, 0.2) is 0 Å². The Labute approximate surface area is 108 Å². The number of aromatic nitrogens is 1.